The molecule has 1 aromatic heterocycles. The Kier molecular flexibility index (Phi) is 3.09. The number of rotatable bonds is 4. The first-order valence-corrected chi connectivity index (χ1v) is 8.44. The summed E-state index contributed by atoms with van der Waals surface area (Å²) in [5, 5.41) is 14.4. The Labute approximate surface area is 125 Å². The summed E-state index contributed by atoms with van der Waals surface area (Å²) < 4.78 is 2.10. The monoisotopic (exact) mass is 288 g/mol. The van der Waals surface area contributed by atoms with E-state index in [4.69, 9.17) is 5.10 Å². The van der Waals surface area contributed by atoms with Gasteiger partial charge in [-0.1, -0.05) is 19.3 Å². The number of carboxylic acids is 1. The fraction of sp³-hybridized carbons (Fsp3) is 0.765. The van der Waals surface area contributed by atoms with Crippen molar-refractivity contribution in [2.45, 2.75) is 63.8 Å². The van der Waals surface area contributed by atoms with Crippen LogP contribution in [0.25, 0.3) is 0 Å². The average molecular weight is 288 g/mol. The van der Waals surface area contributed by atoms with E-state index in [0.717, 1.165) is 18.5 Å². The molecule has 1 N–H and O–H groups in total. The molecule has 1 aromatic rings. The number of nitrogens with zero attached hydrogens (tertiary/aromatic N) is 2. The third kappa shape index (κ3) is 2.39. The molecule has 21 heavy (non-hydrogen) atoms. The highest BCUT2D eigenvalue weighted by atomic mass is 16.4. The van der Waals surface area contributed by atoms with Crippen molar-refractivity contribution in [3.05, 3.63) is 18.0 Å². The lowest BCUT2D eigenvalue weighted by atomic mass is 9.79. The van der Waals surface area contributed by atoms with Gasteiger partial charge in [-0.3, -0.25) is 9.48 Å². The van der Waals surface area contributed by atoms with Crippen molar-refractivity contribution in [3.8, 4) is 0 Å². The molecular weight excluding hydrogens is 264 g/mol. The molecule has 3 aliphatic rings. The molecule has 3 fully saturated rings. The summed E-state index contributed by atoms with van der Waals surface area (Å²) >= 11 is 0. The normalized spacial score (nSPS) is 35.6. The van der Waals surface area contributed by atoms with Gasteiger partial charge >= 0.3 is 5.97 Å². The van der Waals surface area contributed by atoms with Crippen molar-refractivity contribution in [1.82, 2.24) is 9.78 Å². The Balaban J connectivity index is 1.49. The minimum atomic E-state index is -0.609. The average Bonchev–Trinajstić information content (AvgIpc) is 2.89. The lowest BCUT2D eigenvalue weighted by Gasteiger charge is -2.25. The number of fused-ring (bicyclic) bond motifs is 1. The molecule has 3 saturated carbocycles. The second-order valence-electron chi connectivity index (χ2n) is 7.51. The highest BCUT2D eigenvalue weighted by Gasteiger charge is 2.57. The molecule has 114 valence electrons. The molecule has 0 saturated heterocycles. The van der Waals surface area contributed by atoms with E-state index < -0.39 is 11.4 Å². The minimum absolute atomic E-state index is 0.528. The molecule has 0 spiro atoms. The van der Waals surface area contributed by atoms with E-state index in [1.165, 1.54) is 38.5 Å². The number of hydrogen-bond donors (Lipinski definition) is 1. The third-order valence-corrected chi connectivity index (χ3v) is 5.96. The summed E-state index contributed by atoms with van der Waals surface area (Å²) in [5.41, 5.74) is 0.448. The highest BCUT2D eigenvalue weighted by Crippen LogP contribution is 2.60. The molecule has 2 unspecified atom stereocenters. The van der Waals surface area contributed by atoms with Gasteiger partial charge in [0.15, 0.2) is 0 Å². The van der Waals surface area contributed by atoms with Gasteiger partial charge in [0.05, 0.1) is 17.2 Å². The number of carboxylic acid groups (broad SMARTS) is 1. The molecule has 2 atom stereocenters. The van der Waals surface area contributed by atoms with Crippen LogP contribution in [0.5, 0.6) is 0 Å². The SMILES string of the molecule is O=C(O)C1(Cc2ccn(C3CCCCC3)n2)CC2CC2C1. The Bertz CT molecular complexity index is 535. The smallest absolute Gasteiger partial charge is 0.310 e. The maximum Gasteiger partial charge on any atom is 0.310 e. The first-order valence-electron chi connectivity index (χ1n) is 8.44. The Morgan fingerprint density at radius 3 is 2.67 bits per heavy atom. The molecule has 4 nitrogen and oxygen atoms in total. The van der Waals surface area contributed by atoms with Gasteiger partial charge in [-0.15, -0.1) is 0 Å². The van der Waals surface area contributed by atoms with Gasteiger partial charge in [0, 0.05) is 12.6 Å². The van der Waals surface area contributed by atoms with Crippen LogP contribution in [0.4, 0.5) is 0 Å². The standard InChI is InChI=1S/C17H24N2O2/c20-16(21)17(9-12-8-13(12)10-17)11-14-6-7-19(18-14)15-4-2-1-3-5-15/h6-7,12-13,15H,1-5,8-11H2,(H,20,21). The van der Waals surface area contributed by atoms with Crippen molar-refractivity contribution >= 4 is 5.97 Å². The van der Waals surface area contributed by atoms with Crippen LogP contribution in [0.3, 0.4) is 0 Å². The van der Waals surface area contributed by atoms with Crippen LogP contribution in [-0.2, 0) is 11.2 Å². The van der Waals surface area contributed by atoms with E-state index >= 15 is 0 Å². The van der Waals surface area contributed by atoms with Crippen LogP contribution < -0.4 is 0 Å². The number of aromatic nitrogens is 2. The zero-order valence-electron chi connectivity index (χ0n) is 12.5. The second kappa shape index (κ2) is 4.85. The summed E-state index contributed by atoms with van der Waals surface area (Å²) in [4.78, 5) is 11.8. The molecule has 3 aliphatic carbocycles. The van der Waals surface area contributed by atoms with Crippen LogP contribution in [0.2, 0.25) is 0 Å². The molecule has 0 radical (unpaired) electrons. The maximum atomic E-state index is 11.8. The quantitative estimate of drug-likeness (QED) is 0.923. The summed E-state index contributed by atoms with van der Waals surface area (Å²) in [6, 6.07) is 2.58. The van der Waals surface area contributed by atoms with Gasteiger partial charge in [-0.25, -0.2) is 0 Å². The summed E-state index contributed by atoms with van der Waals surface area (Å²) in [5.74, 6) is 0.755. The predicted molar refractivity (Wildman–Crippen MR) is 79.0 cm³/mol. The molecule has 0 aromatic carbocycles. The minimum Gasteiger partial charge on any atom is -0.481 e. The van der Waals surface area contributed by atoms with Crippen LogP contribution in [0.1, 0.15) is 63.1 Å². The Morgan fingerprint density at radius 1 is 1.29 bits per heavy atom. The van der Waals surface area contributed by atoms with Gasteiger partial charge in [0.2, 0.25) is 0 Å². The first-order chi connectivity index (χ1) is 10.2. The van der Waals surface area contributed by atoms with Crippen LogP contribution in [0.15, 0.2) is 12.3 Å². The van der Waals surface area contributed by atoms with E-state index in [1.807, 2.05) is 6.07 Å². The molecule has 4 rings (SSSR count). The molecule has 4 heteroatoms. The van der Waals surface area contributed by atoms with Gasteiger partial charge in [0.25, 0.3) is 0 Å². The fourth-order valence-electron chi connectivity index (χ4n) is 4.66. The van der Waals surface area contributed by atoms with Gasteiger partial charge in [-0.2, -0.15) is 5.10 Å². The van der Waals surface area contributed by atoms with Crippen LogP contribution in [0, 0.1) is 17.3 Å². The highest BCUT2D eigenvalue weighted by molar-refractivity contribution is 5.76. The van der Waals surface area contributed by atoms with Crippen molar-refractivity contribution < 1.29 is 9.90 Å². The van der Waals surface area contributed by atoms with Gasteiger partial charge in [-0.05, 0) is 50.0 Å². The third-order valence-electron chi connectivity index (χ3n) is 5.96. The maximum absolute atomic E-state index is 11.8. The van der Waals surface area contributed by atoms with Crippen LogP contribution >= 0.6 is 0 Å². The summed E-state index contributed by atoms with van der Waals surface area (Å²) in [6.07, 6.45) is 12.0. The second-order valence-corrected chi connectivity index (χ2v) is 7.51. The first kappa shape index (κ1) is 13.4. The molecule has 0 amide bonds. The van der Waals surface area contributed by atoms with E-state index in [-0.39, 0.29) is 0 Å². The fourth-order valence-corrected chi connectivity index (χ4v) is 4.66. The van der Waals surface area contributed by atoms with E-state index in [0.29, 0.717) is 24.3 Å². The lowest BCUT2D eigenvalue weighted by Crippen LogP contribution is -2.32. The van der Waals surface area contributed by atoms with E-state index in [1.54, 1.807) is 0 Å². The summed E-state index contributed by atoms with van der Waals surface area (Å²) in [6.45, 7) is 0. The Morgan fingerprint density at radius 2 is 2.00 bits per heavy atom. The van der Waals surface area contributed by atoms with Gasteiger partial charge < -0.3 is 5.11 Å². The number of aliphatic carboxylic acids is 1. The van der Waals surface area contributed by atoms with Crippen molar-refractivity contribution in [2.75, 3.05) is 0 Å². The largest absolute Gasteiger partial charge is 0.481 e. The molecule has 0 bridgehead atoms. The Hall–Kier alpha value is -1.32. The van der Waals surface area contributed by atoms with Crippen LogP contribution in [-0.4, -0.2) is 20.9 Å². The topological polar surface area (TPSA) is 55.1 Å². The molecule has 1 heterocycles. The van der Waals surface area contributed by atoms with Gasteiger partial charge in [0.1, 0.15) is 0 Å². The van der Waals surface area contributed by atoms with E-state index in [2.05, 4.69) is 10.9 Å². The van der Waals surface area contributed by atoms with Crippen molar-refractivity contribution in [1.29, 1.82) is 0 Å². The predicted octanol–water partition coefficient (Wildman–Crippen LogP) is 3.43. The van der Waals surface area contributed by atoms with Crippen molar-refractivity contribution in [2.24, 2.45) is 17.3 Å². The zero-order valence-corrected chi connectivity index (χ0v) is 12.5. The van der Waals surface area contributed by atoms with Crippen molar-refractivity contribution in [3.63, 3.8) is 0 Å². The molecular formula is C17H24N2O2. The zero-order chi connectivity index (χ0) is 14.4. The lowest BCUT2D eigenvalue weighted by molar-refractivity contribution is -0.149. The molecule has 0 aliphatic heterocycles. The summed E-state index contributed by atoms with van der Waals surface area (Å²) in [7, 11) is 0. The number of carbonyl (C=O) groups is 1. The number of hydrogen-bond acceptors (Lipinski definition) is 2. The van der Waals surface area contributed by atoms with E-state index in [9.17, 15) is 9.90 Å².